The van der Waals surface area contributed by atoms with Crippen LogP contribution < -0.4 is 10.6 Å². The largest absolute Gasteiger partial charge is 0.394 e. The first-order chi connectivity index (χ1) is 7.35. The second-order valence-corrected chi connectivity index (χ2v) is 3.25. The number of nitrogens with one attached hydrogen (secondary N) is 3. The zero-order valence-corrected chi connectivity index (χ0v) is 8.71. The first-order valence-electron chi connectivity index (χ1n) is 4.52. The number of aliphatic hydroxyl groups excluding tert-OH is 1. The highest BCUT2D eigenvalue weighted by molar-refractivity contribution is 7.79. The van der Waals surface area contributed by atoms with Gasteiger partial charge in [0.15, 0.2) is 11.7 Å². The molecule has 0 radical (unpaired) electrons. The molecule has 1 aliphatic rings. The normalized spacial score (nSPS) is 21.7. The van der Waals surface area contributed by atoms with Crippen LogP contribution in [0.3, 0.4) is 0 Å². The molecule has 2 heterocycles. The summed E-state index contributed by atoms with van der Waals surface area (Å²) in [5.41, 5.74) is 0.788. The lowest BCUT2D eigenvalue weighted by molar-refractivity contribution is 0.306. The first kappa shape index (κ1) is 10.1. The number of aliphatic imine (C=N–C) groups is 1. The van der Waals surface area contributed by atoms with Crippen LogP contribution in [0.2, 0.25) is 0 Å². The molecule has 1 unspecified atom stereocenters. The summed E-state index contributed by atoms with van der Waals surface area (Å²) in [6.45, 7) is 0.370. The van der Waals surface area contributed by atoms with E-state index in [9.17, 15) is 0 Å². The molecule has 1 aromatic rings. The molecule has 0 fully saturated rings. The first-order valence-corrected chi connectivity index (χ1v) is 4.99. The smallest absolute Gasteiger partial charge is 0.157 e. The average molecular weight is 225 g/mol. The van der Waals surface area contributed by atoms with Gasteiger partial charge in [-0.05, 0) is 0 Å². The molecule has 2 rings (SSSR count). The van der Waals surface area contributed by atoms with E-state index >= 15 is 0 Å². The molecule has 0 amide bonds. The standard InChI is InChI=1S/C8H11N5OS/c14-2-1-9-7-6-8(11-4-10-6)13-5(3-15)12-7/h3-5,13-14H,1-2H2,(H,9,12)(H,10,11). The van der Waals surface area contributed by atoms with Crippen LogP contribution in [0.4, 0.5) is 5.82 Å². The third kappa shape index (κ3) is 1.97. The van der Waals surface area contributed by atoms with Crippen LogP contribution in [0.1, 0.15) is 5.69 Å². The van der Waals surface area contributed by atoms with E-state index in [-0.39, 0.29) is 12.8 Å². The third-order valence-corrected chi connectivity index (χ3v) is 2.24. The summed E-state index contributed by atoms with van der Waals surface area (Å²) in [7, 11) is 0. The Hall–Kier alpha value is -1.47. The molecule has 1 atom stereocenters. The number of anilines is 1. The maximum absolute atomic E-state index is 8.71. The summed E-state index contributed by atoms with van der Waals surface area (Å²) in [6.07, 6.45) is 1.42. The van der Waals surface area contributed by atoms with Crippen LogP contribution in [0.5, 0.6) is 0 Å². The highest BCUT2D eigenvalue weighted by Gasteiger charge is 2.22. The number of H-pyrrole nitrogens is 1. The lowest BCUT2D eigenvalue weighted by Gasteiger charge is -2.23. The molecule has 0 aromatic carbocycles. The van der Waals surface area contributed by atoms with Gasteiger partial charge in [0.1, 0.15) is 11.9 Å². The number of imidazole rings is 1. The minimum Gasteiger partial charge on any atom is -0.394 e. The molecule has 0 bridgehead atoms. The van der Waals surface area contributed by atoms with E-state index in [2.05, 4.69) is 25.6 Å². The number of fused-ring (bicyclic) bond motifs is 1. The number of aromatic amines is 1. The van der Waals surface area contributed by atoms with Crippen molar-refractivity contribution in [3.05, 3.63) is 12.0 Å². The van der Waals surface area contributed by atoms with Gasteiger partial charge >= 0.3 is 0 Å². The number of aliphatic hydroxyl groups is 1. The Morgan fingerprint density at radius 3 is 3.20 bits per heavy atom. The molecular formula is C8H11N5OS. The molecular weight excluding hydrogens is 214 g/mol. The van der Waals surface area contributed by atoms with E-state index in [4.69, 9.17) is 17.3 Å². The van der Waals surface area contributed by atoms with Crippen LogP contribution in [-0.4, -0.2) is 45.6 Å². The van der Waals surface area contributed by atoms with Crippen LogP contribution in [0.25, 0.3) is 0 Å². The summed E-state index contributed by atoms with van der Waals surface area (Å²) < 4.78 is 0. The second kappa shape index (κ2) is 4.37. The molecule has 4 N–H and O–H groups in total. The van der Waals surface area contributed by atoms with Crippen molar-refractivity contribution in [2.75, 3.05) is 18.5 Å². The molecule has 0 aliphatic carbocycles. The van der Waals surface area contributed by atoms with Crippen molar-refractivity contribution < 1.29 is 5.11 Å². The minimum absolute atomic E-state index is 0.0182. The Bertz CT molecular complexity index is 388. The van der Waals surface area contributed by atoms with Crippen molar-refractivity contribution in [3.8, 4) is 0 Å². The fourth-order valence-electron chi connectivity index (χ4n) is 1.34. The summed E-state index contributed by atoms with van der Waals surface area (Å²) in [5.74, 6) is 1.39. The molecule has 6 nitrogen and oxygen atoms in total. The van der Waals surface area contributed by atoms with Crippen molar-refractivity contribution in [2.45, 2.75) is 6.17 Å². The maximum Gasteiger partial charge on any atom is 0.157 e. The molecule has 0 saturated heterocycles. The van der Waals surface area contributed by atoms with Crippen molar-refractivity contribution in [1.82, 2.24) is 15.3 Å². The Morgan fingerprint density at radius 1 is 1.60 bits per heavy atom. The van der Waals surface area contributed by atoms with Crippen molar-refractivity contribution in [3.63, 3.8) is 0 Å². The summed E-state index contributed by atoms with van der Waals surface area (Å²) in [5, 5.41) is 16.4. The predicted octanol–water partition coefficient (Wildman–Crippen LogP) is -0.511. The Balaban J connectivity index is 2.28. The number of amidine groups is 1. The van der Waals surface area contributed by atoms with E-state index in [0.717, 1.165) is 11.5 Å². The van der Waals surface area contributed by atoms with E-state index in [1.54, 1.807) is 11.7 Å². The van der Waals surface area contributed by atoms with Crippen molar-refractivity contribution >= 4 is 29.2 Å². The molecule has 15 heavy (non-hydrogen) atoms. The minimum atomic E-state index is -0.159. The van der Waals surface area contributed by atoms with Gasteiger partial charge in [0.05, 0.1) is 19.5 Å². The molecule has 0 saturated carbocycles. The Kier molecular flexibility index (Phi) is 2.93. The van der Waals surface area contributed by atoms with E-state index in [1.807, 2.05) is 0 Å². The van der Waals surface area contributed by atoms with Gasteiger partial charge in [-0.1, -0.05) is 12.2 Å². The van der Waals surface area contributed by atoms with Gasteiger partial charge in [0, 0.05) is 5.37 Å². The van der Waals surface area contributed by atoms with Crippen LogP contribution >= 0.6 is 12.2 Å². The monoisotopic (exact) mass is 225 g/mol. The summed E-state index contributed by atoms with van der Waals surface area (Å²) in [6, 6.07) is 0. The van der Waals surface area contributed by atoms with E-state index in [1.165, 1.54) is 0 Å². The third-order valence-electron chi connectivity index (χ3n) is 1.97. The Labute approximate surface area is 91.8 Å². The average Bonchev–Trinajstić information content (AvgIpc) is 2.73. The summed E-state index contributed by atoms with van der Waals surface area (Å²) in [4.78, 5) is 11.3. The maximum atomic E-state index is 8.71. The second-order valence-electron chi connectivity index (χ2n) is 2.98. The van der Waals surface area contributed by atoms with Gasteiger partial charge in [-0.3, -0.25) is 4.99 Å². The number of thiocarbonyl (C=S) groups is 1. The van der Waals surface area contributed by atoms with E-state index < -0.39 is 0 Å². The van der Waals surface area contributed by atoms with Crippen molar-refractivity contribution in [1.29, 1.82) is 0 Å². The van der Waals surface area contributed by atoms with Crippen LogP contribution in [-0.2, 0) is 0 Å². The lowest BCUT2D eigenvalue weighted by atomic mass is 10.3. The zero-order valence-electron chi connectivity index (χ0n) is 7.90. The topological polar surface area (TPSA) is 85.3 Å². The van der Waals surface area contributed by atoms with Crippen molar-refractivity contribution in [2.24, 2.45) is 4.99 Å². The molecule has 7 heteroatoms. The summed E-state index contributed by atoms with van der Waals surface area (Å²) >= 11 is 4.85. The highest BCUT2D eigenvalue weighted by atomic mass is 32.1. The Morgan fingerprint density at radius 2 is 2.47 bits per heavy atom. The molecule has 1 aliphatic heterocycles. The number of hydrogen-bond donors (Lipinski definition) is 4. The quantitative estimate of drug-likeness (QED) is 0.521. The van der Waals surface area contributed by atoms with Gasteiger partial charge < -0.3 is 20.7 Å². The van der Waals surface area contributed by atoms with Gasteiger partial charge in [0.2, 0.25) is 0 Å². The number of nitrogens with zero attached hydrogens (tertiary/aromatic N) is 2. The molecule has 80 valence electrons. The number of hydrogen-bond acceptors (Lipinski definition) is 5. The van der Waals surface area contributed by atoms with E-state index in [0.29, 0.717) is 12.4 Å². The van der Waals surface area contributed by atoms with Gasteiger partial charge in [0.25, 0.3) is 0 Å². The zero-order chi connectivity index (χ0) is 10.7. The molecule has 0 spiro atoms. The lowest BCUT2D eigenvalue weighted by Crippen LogP contribution is -2.46. The fourth-order valence-corrected chi connectivity index (χ4v) is 1.48. The van der Waals surface area contributed by atoms with Crippen LogP contribution in [0.15, 0.2) is 11.3 Å². The van der Waals surface area contributed by atoms with Gasteiger partial charge in [-0.2, -0.15) is 0 Å². The predicted molar refractivity (Wildman–Crippen MR) is 61.3 cm³/mol. The highest BCUT2D eigenvalue weighted by Crippen LogP contribution is 2.14. The van der Waals surface area contributed by atoms with Gasteiger partial charge in [-0.15, -0.1) is 0 Å². The fraction of sp³-hybridized carbons (Fsp3) is 0.375. The SMILES string of the molecule is OCCN=C1NC(C=S)Nc2nc[nH]c21. The van der Waals surface area contributed by atoms with Gasteiger partial charge in [-0.25, -0.2) is 4.98 Å². The number of rotatable bonds is 3. The molecule has 1 aromatic heterocycles. The number of aromatic nitrogens is 2. The van der Waals surface area contributed by atoms with Crippen LogP contribution in [0, 0.1) is 0 Å².